The van der Waals surface area contributed by atoms with Crippen molar-refractivity contribution in [1.82, 2.24) is 4.90 Å². The molecule has 1 fully saturated rings. The van der Waals surface area contributed by atoms with E-state index < -0.39 is 5.60 Å². The number of allylic oxidation sites excluding steroid dienone is 1. The van der Waals surface area contributed by atoms with Crippen LogP contribution in [0.3, 0.4) is 0 Å². The molecule has 1 aliphatic rings. The van der Waals surface area contributed by atoms with Gasteiger partial charge in [-0.3, -0.25) is 4.79 Å². The fourth-order valence-corrected chi connectivity index (χ4v) is 1.31. The summed E-state index contributed by atoms with van der Waals surface area (Å²) in [5.41, 5.74) is -0.444. The van der Waals surface area contributed by atoms with Crippen molar-refractivity contribution in [3.05, 3.63) is 12.2 Å². The molecule has 0 aromatic heterocycles. The third-order valence-electron chi connectivity index (χ3n) is 2.02. The van der Waals surface area contributed by atoms with Crippen molar-refractivity contribution in [2.45, 2.75) is 26.4 Å². The second-order valence-corrected chi connectivity index (χ2v) is 4.67. The molecule has 0 saturated carbocycles. The molecule has 84 valence electrons. The molecule has 1 rings (SSSR count). The van der Waals surface area contributed by atoms with Crippen molar-refractivity contribution >= 4 is 12.4 Å². The molecule has 1 aliphatic heterocycles. The van der Waals surface area contributed by atoms with E-state index in [1.165, 1.54) is 6.08 Å². The van der Waals surface area contributed by atoms with Gasteiger partial charge in [-0.15, -0.1) is 0 Å². The van der Waals surface area contributed by atoms with Gasteiger partial charge in [-0.05, 0) is 26.8 Å². The van der Waals surface area contributed by atoms with E-state index in [2.05, 4.69) is 0 Å². The van der Waals surface area contributed by atoms with Crippen molar-refractivity contribution < 1.29 is 14.3 Å². The van der Waals surface area contributed by atoms with Gasteiger partial charge in [0, 0.05) is 19.0 Å². The van der Waals surface area contributed by atoms with Crippen molar-refractivity contribution in [3.63, 3.8) is 0 Å². The largest absolute Gasteiger partial charge is 0.444 e. The van der Waals surface area contributed by atoms with Gasteiger partial charge >= 0.3 is 6.09 Å². The van der Waals surface area contributed by atoms with E-state index in [1.54, 1.807) is 4.90 Å². The molecule has 15 heavy (non-hydrogen) atoms. The van der Waals surface area contributed by atoms with Crippen LogP contribution in [0.1, 0.15) is 20.8 Å². The summed E-state index contributed by atoms with van der Waals surface area (Å²) in [4.78, 5) is 23.2. The van der Waals surface area contributed by atoms with Gasteiger partial charge in [-0.2, -0.15) is 0 Å². The number of aldehydes is 1. The number of amides is 1. The number of likely N-dealkylation sites (tertiary alicyclic amines) is 1. The number of rotatable bonds is 2. The lowest BCUT2D eigenvalue weighted by atomic mass is 10.0. The molecule has 0 unspecified atom stereocenters. The molecule has 0 aromatic rings. The molecule has 0 radical (unpaired) electrons. The van der Waals surface area contributed by atoms with Crippen LogP contribution in [-0.4, -0.2) is 36.0 Å². The Morgan fingerprint density at radius 2 is 2.00 bits per heavy atom. The zero-order chi connectivity index (χ0) is 11.5. The minimum atomic E-state index is -0.444. The number of carbonyl (C=O) groups excluding carboxylic acids is 2. The second-order valence-electron chi connectivity index (χ2n) is 4.67. The summed E-state index contributed by atoms with van der Waals surface area (Å²) < 4.78 is 5.19. The lowest BCUT2D eigenvalue weighted by Crippen LogP contribution is -2.50. The highest BCUT2D eigenvalue weighted by Gasteiger charge is 2.31. The van der Waals surface area contributed by atoms with Gasteiger partial charge in [0.1, 0.15) is 11.9 Å². The first-order valence-electron chi connectivity index (χ1n) is 5.02. The Morgan fingerprint density at radius 3 is 2.47 bits per heavy atom. The highest BCUT2D eigenvalue weighted by Crippen LogP contribution is 2.20. The fourth-order valence-electron chi connectivity index (χ4n) is 1.31. The Labute approximate surface area is 89.9 Å². The van der Waals surface area contributed by atoms with Crippen LogP contribution >= 0.6 is 0 Å². The summed E-state index contributed by atoms with van der Waals surface area (Å²) >= 11 is 0. The first-order chi connectivity index (χ1) is 6.92. The van der Waals surface area contributed by atoms with E-state index in [-0.39, 0.29) is 6.09 Å². The molecule has 0 aromatic carbocycles. The van der Waals surface area contributed by atoms with E-state index in [1.807, 2.05) is 26.8 Å². The fraction of sp³-hybridized carbons (Fsp3) is 0.636. The Hall–Kier alpha value is -1.32. The molecule has 4 nitrogen and oxygen atoms in total. The number of carbonyl (C=O) groups is 2. The van der Waals surface area contributed by atoms with Crippen molar-refractivity contribution in [3.8, 4) is 0 Å². The van der Waals surface area contributed by atoms with Crippen molar-refractivity contribution in [2.24, 2.45) is 5.92 Å². The van der Waals surface area contributed by atoms with Gasteiger partial charge in [0.2, 0.25) is 0 Å². The first kappa shape index (κ1) is 11.8. The molecule has 1 amide bonds. The standard InChI is InChI=1S/C11H17NO3/c1-11(2,3)15-10(14)12-7-9(8-12)5-4-6-13/h4-6,9H,7-8H2,1-3H3/b5-4+. The van der Waals surface area contributed by atoms with Crippen LogP contribution in [0, 0.1) is 5.92 Å². The second kappa shape index (κ2) is 4.47. The molecular weight excluding hydrogens is 194 g/mol. The van der Waals surface area contributed by atoms with E-state index in [0.717, 1.165) is 6.29 Å². The number of hydrogen-bond donors (Lipinski definition) is 0. The monoisotopic (exact) mass is 211 g/mol. The van der Waals surface area contributed by atoms with Crippen LogP contribution in [0.2, 0.25) is 0 Å². The summed E-state index contributed by atoms with van der Waals surface area (Å²) in [6.45, 7) is 6.80. The van der Waals surface area contributed by atoms with Crippen LogP contribution in [0.25, 0.3) is 0 Å². The Morgan fingerprint density at radius 1 is 1.40 bits per heavy atom. The maximum absolute atomic E-state index is 11.5. The summed E-state index contributed by atoms with van der Waals surface area (Å²) in [5, 5.41) is 0. The summed E-state index contributed by atoms with van der Waals surface area (Å²) in [5.74, 6) is 0.294. The summed E-state index contributed by atoms with van der Waals surface area (Å²) in [6.07, 6.45) is 3.75. The SMILES string of the molecule is CC(C)(C)OC(=O)N1CC(/C=C/C=O)C1. The molecule has 0 atom stereocenters. The van der Waals surface area contributed by atoms with Crippen LogP contribution in [0.5, 0.6) is 0 Å². The molecule has 0 bridgehead atoms. The normalized spacial score (nSPS) is 17.7. The molecule has 1 saturated heterocycles. The van der Waals surface area contributed by atoms with Gasteiger partial charge in [0.25, 0.3) is 0 Å². The zero-order valence-electron chi connectivity index (χ0n) is 9.40. The molecule has 0 spiro atoms. The Balaban J connectivity index is 2.29. The predicted octanol–water partition coefficient (Wildman–Crippen LogP) is 1.61. The van der Waals surface area contributed by atoms with E-state index in [0.29, 0.717) is 19.0 Å². The predicted molar refractivity (Wildman–Crippen MR) is 56.5 cm³/mol. The van der Waals surface area contributed by atoms with Crippen LogP contribution < -0.4 is 0 Å². The Bertz CT molecular complexity index is 272. The summed E-state index contributed by atoms with van der Waals surface area (Å²) in [7, 11) is 0. The first-order valence-corrected chi connectivity index (χ1v) is 5.02. The smallest absolute Gasteiger partial charge is 0.410 e. The van der Waals surface area contributed by atoms with Gasteiger partial charge in [-0.25, -0.2) is 4.79 Å². The number of nitrogens with zero attached hydrogens (tertiary/aromatic N) is 1. The highest BCUT2D eigenvalue weighted by atomic mass is 16.6. The lowest BCUT2D eigenvalue weighted by molar-refractivity contribution is -0.104. The zero-order valence-corrected chi connectivity index (χ0v) is 9.40. The van der Waals surface area contributed by atoms with Gasteiger partial charge < -0.3 is 9.64 Å². The van der Waals surface area contributed by atoms with Gasteiger partial charge in [-0.1, -0.05) is 6.08 Å². The van der Waals surface area contributed by atoms with Crippen molar-refractivity contribution in [2.75, 3.05) is 13.1 Å². The van der Waals surface area contributed by atoms with E-state index in [9.17, 15) is 9.59 Å². The number of ether oxygens (including phenoxy) is 1. The molecule has 4 heteroatoms. The van der Waals surface area contributed by atoms with E-state index in [4.69, 9.17) is 4.74 Å². The number of hydrogen-bond acceptors (Lipinski definition) is 3. The Kier molecular flexibility index (Phi) is 3.50. The van der Waals surface area contributed by atoms with Gasteiger partial charge in [0.15, 0.2) is 0 Å². The van der Waals surface area contributed by atoms with Crippen molar-refractivity contribution in [1.29, 1.82) is 0 Å². The maximum Gasteiger partial charge on any atom is 0.410 e. The van der Waals surface area contributed by atoms with Crippen LogP contribution in [0.15, 0.2) is 12.2 Å². The molecule has 0 N–H and O–H groups in total. The minimum Gasteiger partial charge on any atom is -0.444 e. The lowest BCUT2D eigenvalue weighted by Gasteiger charge is -2.38. The maximum atomic E-state index is 11.5. The van der Waals surface area contributed by atoms with Crippen LogP contribution in [0.4, 0.5) is 4.79 Å². The molecule has 0 aliphatic carbocycles. The summed E-state index contributed by atoms with van der Waals surface area (Å²) in [6, 6.07) is 0. The highest BCUT2D eigenvalue weighted by molar-refractivity contribution is 5.69. The van der Waals surface area contributed by atoms with Gasteiger partial charge in [0.05, 0.1) is 0 Å². The topological polar surface area (TPSA) is 46.6 Å². The minimum absolute atomic E-state index is 0.279. The average Bonchev–Trinajstić information content (AvgIpc) is 1.98. The quantitative estimate of drug-likeness (QED) is 0.515. The third-order valence-corrected chi connectivity index (χ3v) is 2.02. The molecule has 1 heterocycles. The average molecular weight is 211 g/mol. The third kappa shape index (κ3) is 3.73. The molecular formula is C11H17NO3. The van der Waals surface area contributed by atoms with E-state index >= 15 is 0 Å². The van der Waals surface area contributed by atoms with Crippen LogP contribution in [-0.2, 0) is 9.53 Å².